The molecule has 1 aromatic carbocycles. The van der Waals surface area contributed by atoms with Gasteiger partial charge in [-0.2, -0.15) is 5.10 Å². The highest BCUT2D eigenvalue weighted by Crippen LogP contribution is 2.35. The number of nitrogens with one attached hydrogen (secondary N) is 2. The Bertz CT molecular complexity index is 721. The van der Waals surface area contributed by atoms with Crippen molar-refractivity contribution in [2.75, 3.05) is 13.1 Å². The van der Waals surface area contributed by atoms with Gasteiger partial charge in [0.25, 0.3) is 5.91 Å². The fourth-order valence-corrected chi connectivity index (χ4v) is 4.36. The number of rotatable bonds is 5. The summed E-state index contributed by atoms with van der Waals surface area (Å²) < 4.78 is 1.95. The minimum Gasteiger partial charge on any atom is -0.344 e. The van der Waals surface area contributed by atoms with Crippen LogP contribution < -0.4 is 10.6 Å². The number of benzene rings is 1. The maximum atomic E-state index is 12.9. The summed E-state index contributed by atoms with van der Waals surface area (Å²) >= 11 is 0. The SMILES string of the molecule is Cl.O=C(NC(c1ccccc1)C1CCCC1)c1ccn(C2CCCNC2)n1. The second-order valence-electron chi connectivity index (χ2n) is 7.59. The van der Waals surface area contributed by atoms with Crippen LogP contribution in [0.1, 0.15) is 66.7 Å². The fourth-order valence-electron chi connectivity index (χ4n) is 4.36. The Morgan fingerprint density at radius 3 is 2.59 bits per heavy atom. The summed E-state index contributed by atoms with van der Waals surface area (Å²) in [5, 5.41) is 11.3. The molecule has 0 spiro atoms. The highest BCUT2D eigenvalue weighted by atomic mass is 35.5. The normalized spacial score (nSPS) is 21.4. The predicted molar refractivity (Wildman–Crippen MR) is 109 cm³/mol. The number of nitrogens with zero attached hydrogens (tertiary/aromatic N) is 2. The molecule has 27 heavy (non-hydrogen) atoms. The molecular formula is C21H29ClN4O. The molecule has 1 aliphatic carbocycles. The topological polar surface area (TPSA) is 59.0 Å². The zero-order valence-corrected chi connectivity index (χ0v) is 16.5. The Kier molecular flexibility index (Phi) is 6.91. The van der Waals surface area contributed by atoms with E-state index in [1.165, 1.54) is 31.2 Å². The van der Waals surface area contributed by atoms with Crippen LogP contribution in [0.15, 0.2) is 42.6 Å². The minimum atomic E-state index is -0.0618. The van der Waals surface area contributed by atoms with Gasteiger partial charge in [0.05, 0.1) is 12.1 Å². The van der Waals surface area contributed by atoms with Crippen LogP contribution in [-0.4, -0.2) is 28.8 Å². The first-order valence-electron chi connectivity index (χ1n) is 9.93. The van der Waals surface area contributed by atoms with Crippen LogP contribution in [-0.2, 0) is 0 Å². The predicted octanol–water partition coefficient (Wildman–Crippen LogP) is 3.89. The third-order valence-electron chi connectivity index (χ3n) is 5.80. The van der Waals surface area contributed by atoms with Gasteiger partial charge in [-0.15, -0.1) is 12.4 Å². The summed E-state index contributed by atoms with van der Waals surface area (Å²) in [6, 6.07) is 12.6. The van der Waals surface area contributed by atoms with Gasteiger partial charge in [0.2, 0.25) is 0 Å². The molecule has 2 unspecified atom stereocenters. The van der Waals surface area contributed by atoms with Crippen molar-refractivity contribution in [3.05, 3.63) is 53.9 Å². The lowest BCUT2D eigenvalue weighted by molar-refractivity contribution is 0.0915. The standard InChI is InChI=1S/C21H28N4O.ClH/c26-21(19-12-14-25(24-19)18-11-6-13-22-15-18)23-20(17-9-4-5-10-17)16-7-2-1-3-8-16;/h1-3,7-8,12,14,17-18,20,22H,4-6,9-11,13,15H2,(H,23,26);1H. The van der Waals surface area contributed by atoms with Gasteiger partial charge in [0.15, 0.2) is 0 Å². The van der Waals surface area contributed by atoms with E-state index in [1.807, 2.05) is 35.1 Å². The highest BCUT2D eigenvalue weighted by molar-refractivity contribution is 5.92. The van der Waals surface area contributed by atoms with Crippen molar-refractivity contribution in [3.8, 4) is 0 Å². The van der Waals surface area contributed by atoms with Gasteiger partial charge in [-0.1, -0.05) is 43.2 Å². The van der Waals surface area contributed by atoms with Crippen LogP contribution in [0.5, 0.6) is 0 Å². The number of aromatic nitrogens is 2. The summed E-state index contributed by atoms with van der Waals surface area (Å²) in [5.74, 6) is 0.458. The van der Waals surface area contributed by atoms with E-state index in [2.05, 4.69) is 27.9 Å². The summed E-state index contributed by atoms with van der Waals surface area (Å²) in [6.45, 7) is 2.00. The van der Waals surface area contributed by atoms with Gasteiger partial charge in [-0.05, 0) is 49.8 Å². The Labute approximate surface area is 167 Å². The molecule has 4 rings (SSSR count). The van der Waals surface area contributed by atoms with Gasteiger partial charge in [0, 0.05) is 12.7 Å². The minimum absolute atomic E-state index is 0. The zero-order valence-electron chi connectivity index (χ0n) is 15.6. The molecule has 0 bridgehead atoms. The molecule has 1 aromatic heterocycles. The Hall–Kier alpha value is -1.85. The van der Waals surface area contributed by atoms with Gasteiger partial charge < -0.3 is 10.6 Å². The number of piperidine rings is 1. The Morgan fingerprint density at radius 1 is 1.11 bits per heavy atom. The Morgan fingerprint density at radius 2 is 1.89 bits per heavy atom. The molecule has 1 aliphatic heterocycles. The van der Waals surface area contributed by atoms with E-state index >= 15 is 0 Å². The van der Waals surface area contributed by atoms with Crippen LogP contribution in [0.4, 0.5) is 0 Å². The van der Waals surface area contributed by atoms with Gasteiger partial charge in [-0.3, -0.25) is 9.48 Å². The van der Waals surface area contributed by atoms with E-state index in [-0.39, 0.29) is 24.4 Å². The third kappa shape index (κ3) is 4.71. The van der Waals surface area contributed by atoms with E-state index in [9.17, 15) is 4.79 Å². The molecule has 6 heteroatoms. The van der Waals surface area contributed by atoms with Crippen molar-refractivity contribution >= 4 is 18.3 Å². The van der Waals surface area contributed by atoms with E-state index in [0.29, 0.717) is 17.7 Å². The average molecular weight is 389 g/mol. The van der Waals surface area contributed by atoms with Gasteiger partial charge in [-0.25, -0.2) is 0 Å². The molecule has 2 fully saturated rings. The lowest BCUT2D eigenvalue weighted by Crippen LogP contribution is -2.34. The lowest BCUT2D eigenvalue weighted by Gasteiger charge is -2.25. The summed E-state index contributed by atoms with van der Waals surface area (Å²) in [6.07, 6.45) is 9.10. The van der Waals surface area contributed by atoms with E-state index < -0.39 is 0 Å². The molecule has 5 nitrogen and oxygen atoms in total. The molecule has 146 valence electrons. The van der Waals surface area contributed by atoms with Crippen LogP contribution in [0.3, 0.4) is 0 Å². The molecule has 2 aromatic rings. The average Bonchev–Trinajstić information content (AvgIpc) is 3.39. The van der Waals surface area contributed by atoms with E-state index in [0.717, 1.165) is 25.9 Å². The molecule has 2 aliphatic rings. The van der Waals surface area contributed by atoms with Crippen molar-refractivity contribution < 1.29 is 4.79 Å². The molecular weight excluding hydrogens is 360 g/mol. The van der Waals surface area contributed by atoms with Crippen molar-refractivity contribution in [2.24, 2.45) is 5.92 Å². The lowest BCUT2D eigenvalue weighted by atomic mass is 9.91. The fraction of sp³-hybridized carbons (Fsp3) is 0.524. The van der Waals surface area contributed by atoms with Crippen LogP contribution in [0, 0.1) is 5.92 Å². The maximum Gasteiger partial charge on any atom is 0.272 e. The van der Waals surface area contributed by atoms with Gasteiger partial charge >= 0.3 is 0 Å². The van der Waals surface area contributed by atoms with Gasteiger partial charge in [0.1, 0.15) is 5.69 Å². The second kappa shape index (κ2) is 9.38. The second-order valence-corrected chi connectivity index (χ2v) is 7.59. The molecule has 1 saturated heterocycles. The summed E-state index contributed by atoms with van der Waals surface area (Å²) in [7, 11) is 0. The highest BCUT2D eigenvalue weighted by Gasteiger charge is 2.28. The van der Waals surface area contributed by atoms with Crippen LogP contribution >= 0.6 is 12.4 Å². The van der Waals surface area contributed by atoms with Crippen molar-refractivity contribution in [1.29, 1.82) is 0 Å². The zero-order chi connectivity index (χ0) is 17.8. The number of hydrogen-bond acceptors (Lipinski definition) is 3. The van der Waals surface area contributed by atoms with Crippen molar-refractivity contribution in [3.63, 3.8) is 0 Å². The van der Waals surface area contributed by atoms with Crippen molar-refractivity contribution in [1.82, 2.24) is 20.4 Å². The molecule has 1 saturated carbocycles. The number of carbonyl (C=O) groups is 1. The van der Waals surface area contributed by atoms with Crippen molar-refractivity contribution in [2.45, 2.75) is 50.6 Å². The summed E-state index contributed by atoms with van der Waals surface area (Å²) in [5.41, 5.74) is 1.72. The molecule has 1 amide bonds. The number of hydrogen-bond donors (Lipinski definition) is 2. The first kappa shape index (κ1) is 19.9. The Balaban J connectivity index is 0.00000210. The smallest absolute Gasteiger partial charge is 0.272 e. The van der Waals surface area contributed by atoms with Crippen LogP contribution in [0.25, 0.3) is 0 Å². The number of amides is 1. The van der Waals surface area contributed by atoms with E-state index in [4.69, 9.17) is 0 Å². The largest absolute Gasteiger partial charge is 0.344 e. The first-order valence-corrected chi connectivity index (χ1v) is 9.93. The monoisotopic (exact) mass is 388 g/mol. The molecule has 2 atom stereocenters. The first-order chi connectivity index (χ1) is 12.8. The van der Waals surface area contributed by atoms with E-state index in [1.54, 1.807) is 0 Å². The quantitative estimate of drug-likeness (QED) is 0.816. The maximum absolute atomic E-state index is 12.9. The number of halogens is 1. The molecule has 2 heterocycles. The molecule has 2 N–H and O–H groups in total. The third-order valence-corrected chi connectivity index (χ3v) is 5.80. The number of carbonyl (C=O) groups excluding carboxylic acids is 1. The molecule has 0 radical (unpaired) electrons. The summed E-state index contributed by atoms with van der Waals surface area (Å²) in [4.78, 5) is 12.9. The van der Waals surface area contributed by atoms with Crippen LogP contribution in [0.2, 0.25) is 0 Å².